The van der Waals surface area contributed by atoms with Gasteiger partial charge in [-0.3, -0.25) is 4.79 Å². The third-order valence-corrected chi connectivity index (χ3v) is 5.36. The van der Waals surface area contributed by atoms with Crippen LogP contribution in [0.25, 0.3) is 0 Å². The normalized spacial score (nSPS) is 17.5. The Kier molecular flexibility index (Phi) is 7.85. The van der Waals surface area contributed by atoms with Crippen LogP contribution in [0.1, 0.15) is 36.8 Å². The molecule has 6 heteroatoms. The van der Waals surface area contributed by atoms with Gasteiger partial charge < -0.3 is 15.0 Å². The van der Waals surface area contributed by atoms with Gasteiger partial charge in [0.15, 0.2) is 0 Å². The number of rotatable bonds is 7. The largest absolute Gasteiger partial charge is 0.445 e. The molecule has 3 rings (SSSR count). The molecular formula is C24H27N3O3. The molecule has 0 saturated carbocycles. The summed E-state index contributed by atoms with van der Waals surface area (Å²) in [6.07, 6.45) is 2.03. The topological polar surface area (TPSA) is 82.4 Å². The summed E-state index contributed by atoms with van der Waals surface area (Å²) >= 11 is 0. The molecule has 0 unspecified atom stereocenters. The summed E-state index contributed by atoms with van der Waals surface area (Å²) in [4.78, 5) is 26.7. The lowest BCUT2D eigenvalue weighted by molar-refractivity contribution is -0.132. The number of nitrogens with one attached hydrogen (secondary N) is 1. The highest BCUT2D eigenvalue weighted by Gasteiger charge is 2.29. The molecule has 1 heterocycles. The van der Waals surface area contributed by atoms with Gasteiger partial charge in [0.1, 0.15) is 6.61 Å². The maximum Gasteiger partial charge on any atom is 0.407 e. The number of ether oxygens (including phenoxy) is 1. The molecule has 1 N–H and O–H groups in total. The zero-order chi connectivity index (χ0) is 21.2. The lowest BCUT2D eigenvalue weighted by Gasteiger charge is -2.29. The zero-order valence-electron chi connectivity index (χ0n) is 17.0. The van der Waals surface area contributed by atoms with Crippen molar-refractivity contribution in [3.05, 3.63) is 71.8 Å². The van der Waals surface area contributed by atoms with Gasteiger partial charge in [-0.25, -0.2) is 4.79 Å². The van der Waals surface area contributed by atoms with E-state index in [1.165, 1.54) is 0 Å². The average Bonchev–Trinajstić information content (AvgIpc) is 2.95. The van der Waals surface area contributed by atoms with Gasteiger partial charge in [0.2, 0.25) is 5.91 Å². The predicted molar refractivity (Wildman–Crippen MR) is 113 cm³/mol. The fourth-order valence-electron chi connectivity index (χ4n) is 3.75. The molecule has 156 valence electrons. The van der Waals surface area contributed by atoms with Gasteiger partial charge in [-0.05, 0) is 30.4 Å². The van der Waals surface area contributed by atoms with Crippen molar-refractivity contribution in [2.75, 3.05) is 6.54 Å². The lowest BCUT2D eigenvalue weighted by Crippen LogP contribution is -2.42. The molecule has 0 aliphatic carbocycles. The summed E-state index contributed by atoms with van der Waals surface area (Å²) in [5, 5.41) is 12.2. The van der Waals surface area contributed by atoms with Crippen molar-refractivity contribution >= 4 is 12.0 Å². The van der Waals surface area contributed by atoms with Crippen LogP contribution in [0.3, 0.4) is 0 Å². The molecule has 1 aliphatic rings. The van der Waals surface area contributed by atoms with Crippen molar-refractivity contribution in [1.29, 1.82) is 5.26 Å². The second-order valence-electron chi connectivity index (χ2n) is 7.52. The summed E-state index contributed by atoms with van der Waals surface area (Å²) in [6, 6.07) is 21.3. The van der Waals surface area contributed by atoms with Crippen LogP contribution in [-0.2, 0) is 22.6 Å². The third-order valence-electron chi connectivity index (χ3n) is 5.36. The molecule has 2 atom stereocenters. The smallest absolute Gasteiger partial charge is 0.407 e. The van der Waals surface area contributed by atoms with E-state index in [2.05, 4.69) is 11.4 Å². The number of benzene rings is 2. The van der Waals surface area contributed by atoms with E-state index >= 15 is 0 Å². The van der Waals surface area contributed by atoms with Gasteiger partial charge in [-0.1, -0.05) is 60.7 Å². The first-order valence-corrected chi connectivity index (χ1v) is 10.3. The number of hydrogen-bond donors (Lipinski definition) is 1. The van der Waals surface area contributed by atoms with Gasteiger partial charge in [-0.15, -0.1) is 0 Å². The van der Waals surface area contributed by atoms with Crippen LogP contribution in [0.5, 0.6) is 0 Å². The van der Waals surface area contributed by atoms with E-state index in [-0.39, 0.29) is 31.0 Å². The lowest BCUT2D eigenvalue weighted by atomic mass is 10.0. The molecule has 0 aromatic heterocycles. The van der Waals surface area contributed by atoms with E-state index in [1.54, 1.807) is 0 Å². The van der Waals surface area contributed by atoms with Crippen molar-refractivity contribution in [3.8, 4) is 6.07 Å². The standard InChI is InChI=1S/C24H27N3O3/c25-15-13-22(17-19-7-3-1-4-8-19)27-16-14-21(11-12-23(27)28)26-24(29)30-18-20-9-5-2-6-10-20/h1-10,21-22H,11-14,16-18H2,(H,26,29)/t21-,22+/m0/s1. The van der Waals surface area contributed by atoms with Crippen molar-refractivity contribution in [3.63, 3.8) is 0 Å². The Morgan fingerprint density at radius 1 is 1.10 bits per heavy atom. The number of nitriles is 1. The summed E-state index contributed by atoms with van der Waals surface area (Å²) < 4.78 is 5.30. The minimum atomic E-state index is -0.470. The summed E-state index contributed by atoms with van der Waals surface area (Å²) in [5.74, 6) is 0.0353. The molecule has 2 aromatic rings. The van der Waals surface area contributed by atoms with Crippen molar-refractivity contribution in [2.24, 2.45) is 0 Å². The van der Waals surface area contributed by atoms with Gasteiger partial charge in [0.05, 0.1) is 12.5 Å². The Labute approximate surface area is 177 Å². The van der Waals surface area contributed by atoms with Crippen molar-refractivity contribution < 1.29 is 14.3 Å². The molecular weight excluding hydrogens is 378 g/mol. The van der Waals surface area contributed by atoms with E-state index in [1.807, 2.05) is 65.6 Å². The predicted octanol–water partition coefficient (Wildman–Crippen LogP) is 3.82. The highest BCUT2D eigenvalue weighted by atomic mass is 16.5. The van der Waals surface area contributed by atoms with Crippen LogP contribution in [-0.4, -0.2) is 35.5 Å². The van der Waals surface area contributed by atoms with Gasteiger partial charge >= 0.3 is 6.09 Å². The molecule has 0 bridgehead atoms. The maximum absolute atomic E-state index is 12.7. The first kappa shape index (κ1) is 21.4. The third kappa shape index (κ3) is 6.35. The minimum Gasteiger partial charge on any atom is -0.445 e. The summed E-state index contributed by atoms with van der Waals surface area (Å²) in [7, 11) is 0. The second-order valence-corrected chi connectivity index (χ2v) is 7.52. The van der Waals surface area contributed by atoms with E-state index in [9.17, 15) is 14.9 Å². The van der Waals surface area contributed by atoms with E-state index in [4.69, 9.17) is 4.74 Å². The molecule has 30 heavy (non-hydrogen) atoms. The highest BCUT2D eigenvalue weighted by molar-refractivity contribution is 5.77. The Hall–Kier alpha value is -3.33. The number of hydrogen-bond acceptors (Lipinski definition) is 4. The fourth-order valence-corrected chi connectivity index (χ4v) is 3.75. The van der Waals surface area contributed by atoms with Gasteiger partial charge in [-0.2, -0.15) is 5.26 Å². The number of carbonyl (C=O) groups is 2. The van der Waals surface area contributed by atoms with Gasteiger partial charge in [0.25, 0.3) is 0 Å². The van der Waals surface area contributed by atoms with E-state index < -0.39 is 6.09 Å². The number of carbonyl (C=O) groups excluding carboxylic acids is 2. The molecule has 1 saturated heterocycles. The van der Waals surface area contributed by atoms with E-state index in [0.717, 1.165) is 11.1 Å². The van der Waals surface area contributed by atoms with Crippen LogP contribution in [0.4, 0.5) is 4.79 Å². The Balaban J connectivity index is 1.54. The monoisotopic (exact) mass is 405 g/mol. The van der Waals surface area contributed by atoms with Crippen LogP contribution in [0.2, 0.25) is 0 Å². The fraction of sp³-hybridized carbons (Fsp3) is 0.375. The molecule has 1 aliphatic heterocycles. The number of amides is 2. The zero-order valence-corrected chi connectivity index (χ0v) is 17.0. The Bertz CT molecular complexity index is 864. The average molecular weight is 405 g/mol. The molecule has 1 fully saturated rings. The second kappa shape index (κ2) is 11.0. The van der Waals surface area contributed by atoms with Crippen LogP contribution < -0.4 is 5.32 Å². The molecule has 0 radical (unpaired) electrons. The Morgan fingerprint density at radius 3 is 2.43 bits per heavy atom. The highest BCUT2D eigenvalue weighted by Crippen LogP contribution is 2.19. The van der Waals surface area contributed by atoms with Crippen LogP contribution in [0.15, 0.2) is 60.7 Å². The Morgan fingerprint density at radius 2 is 1.77 bits per heavy atom. The first-order chi connectivity index (χ1) is 14.7. The molecule has 6 nitrogen and oxygen atoms in total. The molecule has 0 spiro atoms. The number of nitrogens with zero attached hydrogens (tertiary/aromatic N) is 2. The van der Waals surface area contributed by atoms with Crippen LogP contribution >= 0.6 is 0 Å². The summed E-state index contributed by atoms with van der Waals surface area (Å²) in [6.45, 7) is 0.730. The SMILES string of the molecule is N#CC[C@H](Cc1ccccc1)N1CC[C@@H](NC(=O)OCc2ccccc2)CCC1=O. The van der Waals surface area contributed by atoms with E-state index in [0.29, 0.717) is 32.2 Å². The molecule has 2 aromatic carbocycles. The first-order valence-electron chi connectivity index (χ1n) is 10.3. The van der Waals surface area contributed by atoms with Gasteiger partial charge in [0, 0.05) is 25.0 Å². The minimum absolute atomic E-state index is 0.0353. The maximum atomic E-state index is 12.7. The number of alkyl carbamates (subject to hydrolysis) is 1. The molecule has 2 amide bonds. The summed E-state index contributed by atoms with van der Waals surface area (Å²) in [5.41, 5.74) is 2.03. The van der Waals surface area contributed by atoms with Crippen molar-refractivity contribution in [1.82, 2.24) is 10.2 Å². The van der Waals surface area contributed by atoms with Crippen molar-refractivity contribution in [2.45, 2.75) is 50.8 Å². The van der Waals surface area contributed by atoms with Crippen LogP contribution in [0, 0.1) is 11.3 Å². The number of likely N-dealkylation sites (tertiary alicyclic amines) is 1. The quantitative estimate of drug-likeness (QED) is 0.759.